The molecule has 2 aromatic carbocycles. The van der Waals surface area contributed by atoms with Crippen LogP contribution in [-0.4, -0.2) is 41.5 Å². The highest BCUT2D eigenvalue weighted by molar-refractivity contribution is 7.99. The molecule has 2 aromatic rings. The number of carbonyl (C=O) groups excluding carboxylic acids is 3. The van der Waals surface area contributed by atoms with Crippen LogP contribution in [0.25, 0.3) is 0 Å². The van der Waals surface area contributed by atoms with Gasteiger partial charge in [0, 0.05) is 35.7 Å². The van der Waals surface area contributed by atoms with Crippen LogP contribution >= 0.6 is 11.8 Å². The quantitative estimate of drug-likeness (QED) is 0.729. The minimum atomic E-state index is -1.02. The Hall–Kier alpha value is -2.80. The number of anilines is 1. The van der Waals surface area contributed by atoms with E-state index in [4.69, 9.17) is 4.74 Å². The molecule has 29 heavy (non-hydrogen) atoms. The summed E-state index contributed by atoms with van der Waals surface area (Å²) < 4.78 is 5.67. The number of nitrogens with one attached hydrogen (secondary N) is 1. The predicted octanol–water partition coefficient (Wildman–Crippen LogP) is 3.89. The lowest BCUT2D eigenvalue weighted by Gasteiger charge is -2.25. The number of hydrogen-bond acceptors (Lipinski definition) is 5. The van der Waals surface area contributed by atoms with E-state index < -0.39 is 12.1 Å². The number of benzene rings is 2. The summed E-state index contributed by atoms with van der Waals surface area (Å²) in [4.78, 5) is 40.2. The predicted molar refractivity (Wildman–Crippen MR) is 113 cm³/mol. The van der Waals surface area contributed by atoms with Crippen molar-refractivity contribution in [3.63, 3.8) is 0 Å². The van der Waals surface area contributed by atoms with Gasteiger partial charge < -0.3 is 15.0 Å². The van der Waals surface area contributed by atoms with E-state index in [1.807, 2.05) is 19.9 Å². The Kier molecular flexibility index (Phi) is 6.93. The molecule has 0 bridgehead atoms. The maximum atomic E-state index is 13.0. The number of esters is 1. The van der Waals surface area contributed by atoms with Gasteiger partial charge in [0.2, 0.25) is 12.0 Å². The SMILES string of the molecule is CCN(CC)C(=O)[C@H](OC(=O)c1ccc2c(c1)NC(=O)CCS2)c1ccccc1. The van der Waals surface area contributed by atoms with Crippen molar-refractivity contribution in [3.05, 3.63) is 59.7 Å². The third-order valence-electron chi connectivity index (χ3n) is 4.70. The maximum Gasteiger partial charge on any atom is 0.339 e. The number of thioether (sulfide) groups is 1. The third kappa shape index (κ3) is 4.98. The Balaban J connectivity index is 1.87. The Labute approximate surface area is 174 Å². The van der Waals surface area contributed by atoms with Crippen LogP contribution in [0.15, 0.2) is 53.4 Å². The van der Waals surface area contributed by atoms with E-state index in [1.54, 1.807) is 59.1 Å². The summed E-state index contributed by atoms with van der Waals surface area (Å²) in [5, 5.41) is 2.82. The molecule has 0 unspecified atom stereocenters. The Bertz CT molecular complexity index is 897. The lowest BCUT2D eigenvalue weighted by atomic mass is 10.1. The van der Waals surface area contributed by atoms with Crippen LogP contribution in [-0.2, 0) is 14.3 Å². The number of ether oxygens (including phenoxy) is 1. The van der Waals surface area contributed by atoms with Gasteiger partial charge in [0.1, 0.15) is 0 Å². The first kappa shape index (κ1) is 20.9. The van der Waals surface area contributed by atoms with Crippen LogP contribution in [0.1, 0.15) is 42.3 Å². The van der Waals surface area contributed by atoms with Crippen molar-refractivity contribution < 1.29 is 19.1 Å². The number of hydrogen-bond donors (Lipinski definition) is 1. The second kappa shape index (κ2) is 9.60. The van der Waals surface area contributed by atoms with E-state index in [0.29, 0.717) is 42.1 Å². The summed E-state index contributed by atoms with van der Waals surface area (Å²) in [5.41, 5.74) is 1.51. The molecule has 0 radical (unpaired) electrons. The monoisotopic (exact) mass is 412 g/mol. The summed E-state index contributed by atoms with van der Waals surface area (Å²) in [6, 6.07) is 14.1. The van der Waals surface area contributed by atoms with E-state index in [1.165, 1.54) is 0 Å². The van der Waals surface area contributed by atoms with E-state index in [-0.39, 0.29) is 11.8 Å². The summed E-state index contributed by atoms with van der Waals surface area (Å²) in [7, 11) is 0. The van der Waals surface area contributed by atoms with Crippen molar-refractivity contribution in [1.82, 2.24) is 4.90 Å². The number of carbonyl (C=O) groups is 3. The van der Waals surface area contributed by atoms with E-state index >= 15 is 0 Å². The average Bonchev–Trinajstić information content (AvgIpc) is 2.93. The van der Waals surface area contributed by atoms with Crippen molar-refractivity contribution >= 4 is 35.2 Å². The Morgan fingerprint density at radius 2 is 1.86 bits per heavy atom. The summed E-state index contributed by atoms with van der Waals surface area (Å²) in [6.07, 6.45) is -0.598. The van der Waals surface area contributed by atoms with Gasteiger partial charge in [0.15, 0.2) is 0 Å². The molecule has 0 saturated heterocycles. The molecule has 2 amide bonds. The van der Waals surface area contributed by atoms with Crippen LogP contribution in [0.2, 0.25) is 0 Å². The number of nitrogens with zero attached hydrogens (tertiary/aromatic N) is 1. The molecule has 152 valence electrons. The van der Waals surface area contributed by atoms with Crippen molar-refractivity contribution in [1.29, 1.82) is 0 Å². The molecule has 7 heteroatoms. The summed E-state index contributed by atoms with van der Waals surface area (Å²) in [5.74, 6) is -0.253. The van der Waals surface area contributed by atoms with Crippen LogP contribution in [0.5, 0.6) is 0 Å². The van der Waals surface area contributed by atoms with Gasteiger partial charge in [-0.25, -0.2) is 4.79 Å². The number of fused-ring (bicyclic) bond motifs is 1. The van der Waals surface area contributed by atoms with Crippen molar-refractivity contribution in [3.8, 4) is 0 Å². The molecule has 1 atom stereocenters. The van der Waals surface area contributed by atoms with Crippen LogP contribution in [0.3, 0.4) is 0 Å². The molecule has 1 aliphatic rings. The van der Waals surface area contributed by atoms with Crippen LogP contribution < -0.4 is 5.32 Å². The highest BCUT2D eigenvalue weighted by atomic mass is 32.2. The molecule has 1 heterocycles. The van der Waals surface area contributed by atoms with Gasteiger partial charge in [-0.1, -0.05) is 30.3 Å². The van der Waals surface area contributed by atoms with Gasteiger partial charge in [0.05, 0.1) is 11.3 Å². The van der Waals surface area contributed by atoms with Crippen molar-refractivity contribution in [2.75, 3.05) is 24.2 Å². The van der Waals surface area contributed by atoms with E-state index in [2.05, 4.69) is 5.32 Å². The fourth-order valence-corrected chi connectivity index (χ4v) is 4.05. The first-order chi connectivity index (χ1) is 14.0. The maximum absolute atomic E-state index is 13.0. The second-order valence-corrected chi connectivity index (χ2v) is 7.70. The lowest BCUT2D eigenvalue weighted by molar-refractivity contribution is -0.140. The second-order valence-electron chi connectivity index (χ2n) is 6.56. The molecule has 1 N–H and O–H groups in total. The van der Waals surface area contributed by atoms with E-state index in [9.17, 15) is 14.4 Å². The average molecular weight is 413 g/mol. The highest BCUT2D eigenvalue weighted by Gasteiger charge is 2.29. The fraction of sp³-hybridized carbons (Fsp3) is 0.318. The van der Waals surface area contributed by atoms with E-state index in [0.717, 1.165) is 4.90 Å². The number of amides is 2. The fourth-order valence-electron chi connectivity index (χ4n) is 3.11. The van der Waals surface area contributed by atoms with Gasteiger partial charge in [-0.3, -0.25) is 9.59 Å². The van der Waals surface area contributed by atoms with Gasteiger partial charge >= 0.3 is 5.97 Å². The van der Waals surface area contributed by atoms with Crippen molar-refractivity contribution in [2.45, 2.75) is 31.3 Å². The molecule has 0 saturated carbocycles. The first-order valence-electron chi connectivity index (χ1n) is 9.64. The summed E-state index contributed by atoms with van der Waals surface area (Å²) in [6.45, 7) is 4.83. The normalized spacial score (nSPS) is 14.2. The lowest BCUT2D eigenvalue weighted by Crippen LogP contribution is -2.36. The third-order valence-corrected chi connectivity index (χ3v) is 5.78. The minimum absolute atomic E-state index is 0.0827. The van der Waals surface area contributed by atoms with Crippen LogP contribution in [0.4, 0.5) is 5.69 Å². The molecular weight excluding hydrogens is 388 g/mol. The van der Waals surface area contributed by atoms with Gasteiger partial charge in [-0.05, 0) is 32.0 Å². The van der Waals surface area contributed by atoms with Gasteiger partial charge in [-0.2, -0.15) is 0 Å². The Morgan fingerprint density at radius 3 is 2.55 bits per heavy atom. The molecule has 6 nitrogen and oxygen atoms in total. The standard InChI is InChI=1S/C22H24N2O4S/c1-3-24(4-2)21(26)20(15-8-6-5-7-9-15)28-22(27)16-10-11-18-17(14-16)23-19(25)12-13-29-18/h5-11,14,20H,3-4,12-13H2,1-2H3,(H,23,25)/t20-/m1/s1. The topological polar surface area (TPSA) is 75.7 Å². The molecule has 0 aliphatic carbocycles. The van der Waals surface area contributed by atoms with Crippen molar-refractivity contribution in [2.24, 2.45) is 0 Å². The number of rotatable bonds is 6. The largest absolute Gasteiger partial charge is 0.444 e. The first-order valence-corrected chi connectivity index (χ1v) is 10.6. The molecule has 0 aromatic heterocycles. The smallest absolute Gasteiger partial charge is 0.339 e. The molecule has 0 fully saturated rings. The molecule has 0 spiro atoms. The zero-order valence-electron chi connectivity index (χ0n) is 16.5. The van der Waals surface area contributed by atoms with Crippen LogP contribution in [0, 0.1) is 0 Å². The van der Waals surface area contributed by atoms with Gasteiger partial charge in [0.25, 0.3) is 5.91 Å². The highest BCUT2D eigenvalue weighted by Crippen LogP contribution is 2.32. The molecule has 1 aliphatic heterocycles. The number of likely N-dealkylation sites (N-methyl/N-ethyl adjacent to an activating group) is 1. The zero-order valence-corrected chi connectivity index (χ0v) is 17.3. The Morgan fingerprint density at radius 1 is 1.14 bits per heavy atom. The minimum Gasteiger partial charge on any atom is -0.444 e. The molecule has 3 rings (SSSR count). The summed E-state index contributed by atoms with van der Waals surface area (Å²) >= 11 is 1.56. The molecular formula is C22H24N2O4S. The van der Waals surface area contributed by atoms with Gasteiger partial charge in [-0.15, -0.1) is 11.8 Å². The zero-order chi connectivity index (χ0) is 20.8.